The van der Waals surface area contributed by atoms with Gasteiger partial charge in [-0.15, -0.1) is 10.2 Å². The molecule has 4 aromatic rings. The van der Waals surface area contributed by atoms with Crippen LogP contribution in [0.3, 0.4) is 0 Å². The lowest BCUT2D eigenvalue weighted by Crippen LogP contribution is -2.15. The first kappa shape index (κ1) is 22.5. The summed E-state index contributed by atoms with van der Waals surface area (Å²) in [5, 5.41) is 15.4. The molecule has 5 rings (SSSR count). The summed E-state index contributed by atoms with van der Waals surface area (Å²) in [6, 6.07) is 13.0. The van der Waals surface area contributed by atoms with Crippen LogP contribution in [0.5, 0.6) is 0 Å². The van der Waals surface area contributed by atoms with Crippen LogP contribution in [0, 0.1) is 12.8 Å². The fourth-order valence-corrected chi connectivity index (χ4v) is 5.25. The first-order valence-electron chi connectivity index (χ1n) is 11.1. The Labute approximate surface area is 207 Å². The van der Waals surface area contributed by atoms with E-state index in [1.807, 2.05) is 37.3 Å². The molecule has 33 heavy (non-hydrogen) atoms. The molecule has 2 atom stereocenters. The number of aromatic nitrogens is 4. The smallest absolute Gasteiger partial charge is 0.268 e. The van der Waals surface area contributed by atoms with Crippen molar-refractivity contribution >= 4 is 34.8 Å². The predicted molar refractivity (Wildman–Crippen MR) is 132 cm³/mol. The lowest BCUT2D eigenvalue weighted by molar-refractivity contribution is 0.284. The van der Waals surface area contributed by atoms with Crippen molar-refractivity contribution in [3.63, 3.8) is 0 Å². The van der Waals surface area contributed by atoms with Crippen molar-refractivity contribution in [1.29, 1.82) is 0 Å². The second kappa shape index (κ2) is 9.13. The van der Waals surface area contributed by atoms with E-state index in [0.29, 0.717) is 50.1 Å². The summed E-state index contributed by atoms with van der Waals surface area (Å²) >= 11 is 18.8. The van der Waals surface area contributed by atoms with Crippen molar-refractivity contribution < 1.29 is 4.42 Å². The van der Waals surface area contributed by atoms with E-state index in [0.717, 1.165) is 23.2 Å². The van der Waals surface area contributed by atoms with E-state index in [2.05, 4.69) is 17.1 Å². The van der Waals surface area contributed by atoms with Crippen LogP contribution in [0.15, 0.2) is 46.9 Å². The van der Waals surface area contributed by atoms with Gasteiger partial charge in [0.1, 0.15) is 0 Å². The third-order valence-electron chi connectivity index (χ3n) is 6.45. The summed E-state index contributed by atoms with van der Waals surface area (Å²) in [5.74, 6) is 1.94. The number of halogens is 3. The summed E-state index contributed by atoms with van der Waals surface area (Å²) in [6.07, 6.45) is 4.71. The number of hydrogen-bond donors (Lipinski definition) is 0. The Kier molecular flexibility index (Phi) is 6.21. The first-order valence-corrected chi connectivity index (χ1v) is 12.2. The van der Waals surface area contributed by atoms with Gasteiger partial charge in [-0.25, -0.2) is 4.68 Å². The van der Waals surface area contributed by atoms with Gasteiger partial charge in [-0.05, 0) is 56.0 Å². The highest BCUT2D eigenvalue weighted by atomic mass is 35.5. The molecule has 0 spiro atoms. The van der Waals surface area contributed by atoms with Crippen LogP contribution in [0.25, 0.3) is 28.5 Å². The van der Waals surface area contributed by atoms with Gasteiger partial charge in [0.2, 0.25) is 5.89 Å². The summed E-state index contributed by atoms with van der Waals surface area (Å²) in [5.41, 5.74) is 4.07. The van der Waals surface area contributed by atoms with Crippen molar-refractivity contribution in [1.82, 2.24) is 20.0 Å². The standard InChI is InChI=1S/C25H23Cl3N4O/c1-14-5-3-4-6-19(14)24-29-30-25(33-24)22-15(2)23(16-7-9-17(26)10-8-16)32(31-22)21-12-11-18(27)13-20(21)28/h7-14,19H,3-6H2,1-2H3. The maximum absolute atomic E-state index is 6.56. The van der Waals surface area contributed by atoms with Gasteiger partial charge in [-0.1, -0.05) is 66.7 Å². The lowest BCUT2D eigenvalue weighted by Gasteiger charge is -2.25. The van der Waals surface area contributed by atoms with E-state index < -0.39 is 0 Å². The first-order chi connectivity index (χ1) is 15.9. The van der Waals surface area contributed by atoms with Crippen molar-refractivity contribution in [3.8, 4) is 28.5 Å². The van der Waals surface area contributed by atoms with E-state index in [9.17, 15) is 0 Å². The van der Waals surface area contributed by atoms with Gasteiger partial charge in [0, 0.05) is 27.1 Å². The largest absolute Gasteiger partial charge is 0.419 e. The van der Waals surface area contributed by atoms with Crippen LogP contribution in [0.1, 0.15) is 50.0 Å². The minimum atomic E-state index is 0.295. The summed E-state index contributed by atoms with van der Waals surface area (Å²) < 4.78 is 8.00. The van der Waals surface area contributed by atoms with Gasteiger partial charge in [0.25, 0.3) is 5.89 Å². The van der Waals surface area contributed by atoms with Crippen LogP contribution in [0.4, 0.5) is 0 Å². The number of hydrogen-bond acceptors (Lipinski definition) is 4. The number of nitrogens with zero attached hydrogens (tertiary/aromatic N) is 4. The van der Waals surface area contributed by atoms with E-state index in [-0.39, 0.29) is 0 Å². The Morgan fingerprint density at radius 2 is 1.67 bits per heavy atom. The van der Waals surface area contributed by atoms with Crippen LogP contribution >= 0.6 is 34.8 Å². The zero-order chi connectivity index (χ0) is 23.1. The molecule has 2 unspecified atom stereocenters. The normalized spacial score (nSPS) is 18.6. The van der Waals surface area contributed by atoms with E-state index in [1.54, 1.807) is 16.8 Å². The SMILES string of the molecule is Cc1c(-c2nnc(C3CCCCC3C)o2)nn(-c2ccc(Cl)cc2Cl)c1-c1ccc(Cl)cc1. The molecule has 0 amide bonds. The van der Waals surface area contributed by atoms with Crippen LogP contribution in [-0.2, 0) is 0 Å². The van der Waals surface area contributed by atoms with Crippen molar-refractivity contribution in [2.45, 2.75) is 45.4 Å². The average Bonchev–Trinajstić information content (AvgIpc) is 3.40. The van der Waals surface area contributed by atoms with Crippen molar-refractivity contribution in [2.75, 3.05) is 0 Å². The fraction of sp³-hybridized carbons (Fsp3) is 0.320. The molecule has 8 heteroatoms. The van der Waals surface area contributed by atoms with Gasteiger partial charge in [0.15, 0.2) is 5.69 Å². The van der Waals surface area contributed by atoms with Crippen LogP contribution in [0.2, 0.25) is 15.1 Å². The van der Waals surface area contributed by atoms with Gasteiger partial charge in [-0.2, -0.15) is 5.10 Å². The van der Waals surface area contributed by atoms with Crippen LogP contribution < -0.4 is 0 Å². The minimum Gasteiger partial charge on any atom is -0.419 e. The summed E-state index contributed by atoms with van der Waals surface area (Å²) in [6.45, 7) is 4.26. The molecular formula is C25H23Cl3N4O. The molecule has 0 N–H and O–H groups in total. The van der Waals surface area contributed by atoms with E-state index >= 15 is 0 Å². The van der Waals surface area contributed by atoms with E-state index in [4.69, 9.17) is 44.3 Å². The predicted octanol–water partition coefficient (Wildman–Crippen LogP) is 8.15. The number of benzene rings is 2. The van der Waals surface area contributed by atoms with E-state index in [1.165, 1.54) is 19.3 Å². The maximum atomic E-state index is 6.56. The molecule has 0 saturated heterocycles. The summed E-state index contributed by atoms with van der Waals surface area (Å²) in [7, 11) is 0. The molecule has 0 radical (unpaired) electrons. The average molecular weight is 502 g/mol. The highest BCUT2D eigenvalue weighted by molar-refractivity contribution is 6.35. The zero-order valence-corrected chi connectivity index (χ0v) is 20.6. The molecule has 2 aromatic carbocycles. The molecule has 1 aliphatic carbocycles. The van der Waals surface area contributed by atoms with Gasteiger partial charge < -0.3 is 4.42 Å². The minimum absolute atomic E-state index is 0.295. The highest BCUT2D eigenvalue weighted by Gasteiger charge is 2.29. The quantitative estimate of drug-likeness (QED) is 0.283. The van der Waals surface area contributed by atoms with Gasteiger partial charge >= 0.3 is 0 Å². The molecule has 0 aliphatic heterocycles. The highest BCUT2D eigenvalue weighted by Crippen LogP contribution is 2.39. The Morgan fingerprint density at radius 1 is 0.939 bits per heavy atom. The molecule has 5 nitrogen and oxygen atoms in total. The molecule has 1 saturated carbocycles. The lowest BCUT2D eigenvalue weighted by atomic mass is 9.80. The molecule has 1 aliphatic rings. The fourth-order valence-electron chi connectivity index (χ4n) is 4.64. The number of rotatable bonds is 4. The monoisotopic (exact) mass is 500 g/mol. The molecule has 170 valence electrons. The molecular weight excluding hydrogens is 479 g/mol. The molecule has 2 aromatic heterocycles. The Morgan fingerprint density at radius 3 is 2.39 bits per heavy atom. The summed E-state index contributed by atoms with van der Waals surface area (Å²) in [4.78, 5) is 0. The molecule has 2 heterocycles. The van der Waals surface area contributed by atoms with Crippen LogP contribution in [-0.4, -0.2) is 20.0 Å². The Bertz CT molecular complexity index is 1300. The maximum Gasteiger partial charge on any atom is 0.268 e. The topological polar surface area (TPSA) is 56.7 Å². The van der Waals surface area contributed by atoms with Gasteiger partial charge in [-0.3, -0.25) is 0 Å². The van der Waals surface area contributed by atoms with Crippen molar-refractivity contribution in [2.24, 2.45) is 5.92 Å². The Hall–Kier alpha value is -2.34. The zero-order valence-electron chi connectivity index (χ0n) is 18.4. The second-order valence-corrected chi connectivity index (χ2v) is 9.93. The third kappa shape index (κ3) is 4.30. The Balaban J connectivity index is 1.64. The second-order valence-electron chi connectivity index (χ2n) is 8.65. The van der Waals surface area contributed by atoms with Crippen molar-refractivity contribution in [3.05, 3.63) is 69.0 Å². The third-order valence-corrected chi connectivity index (χ3v) is 7.24. The van der Waals surface area contributed by atoms with Gasteiger partial charge in [0.05, 0.1) is 16.4 Å². The molecule has 1 fully saturated rings. The molecule has 0 bridgehead atoms.